The number of aromatic hydroxyl groups is 1. The predicted octanol–water partition coefficient (Wildman–Crippen LogP) is 3.32. The van der Waals surface area contributed by atoms with Gasteiger partial charge in [-0.25, -0.2) is 5.43 Å². The number of phenolic OH excluding ortho intramolecular Hbond substituents is 1. The molecule has 2 aromatic carbocycles. The van der Waals surface area contributed by atoms with Gasteiger partial charge in [-0.15, -0.1) is 0 Å². The molecule has 5 heteroatoms. The van der Waals surface area contributed by atoms with Gasteiger partial charge < -0.3 is 5.11 Å². The molecule has 3 rings (SSSR count). The lowest BCUT2D eigenvalue weighted by Gasteiger charge is -2.07. The molecular formula is C19H17N3O2. The number of carbonyl (C=O) groups is 1. The number of carbonyl (C=O) groups excluding carboxylic acids is 1. The molecule has 1 heterocycles. The van der Waals surface area contributed by atoms with Crippen LogP contribution in [0.5, 0.6) is 5.75 Å². The number of aryl methyl sites for hydroxylation is 2. The lowest BCUT2D eigenvalue weighted by Crippen LogP contribution is -2.18. The summed E-state index contributed by atoms with van der Waals surface area (Å²) in [5.41, 5.74) is 6.49. The minimum Gasteiger partial charge on any atom is -0.508 e. The minimum absolute atomic E-state index is 0.185. The second kappa shape index (κ2) is 6.50. The summed E-state index contributed by atoms with van der Waals surface area (Å²) >= 11 is 0. The number of fused-ring (bicyclic) bond motifs is 1. The second-order valence-corrected chi connectivity index (χ2v) is 5.62. The summed E-state index contributed by atoms with van der Waals surface area (Å²) < 4.78 is 0. The van der Waals surface area contributed by atoms with E-state index in [0.29, 0.717) is 5.56 Å². The lowest BCUT2D eigenvalue weighted by molar-refractivity contribution is 0.0956. The number of nitrogens with zero attached hydrogens (tertiary/aromatic N) is 2. The highest BCUT2D eigenvalue weighted by Gasteiger charge is 2.11. The molecule has 5 nitrogen and oxygen atoms in total. The van der Waals surface area contributed by atoms with Gasteiger partial charge in [0.1, 0.15) is 5.75 Å². The Hall–Kier alpha value is -3.21. The van der Waals surface area contributed by atoms with E-state index < -0.39 is 0 Å². The SMILES string of the molecule is Cc1ccc2nc(C)cc(C(=O)NN=Cc3ccc(O)cc3)c2c1. The van der Waals surface area contributed by atoms with E-state index in [1.807, 2.05) is 32.0 Å². The summed E-state index contributed by atoms with van der Waals surface area (Å²) in [5, 5.41) is 14.0. The van der Waals surface area contributed by atoms with E-state index in [1.165, 1.54) is 6.21 Å². The quantitative estimate of drug-likeness (QED) is 0.574. The zero-order valence-electron chi connectivity index (χ0n) is 13.4. The third kappa shape index (κ3) is 3.41. The summed E-state index contributed by atoms with van der Waals surface area (Å²) in [6.45, 7) is 3.83. The molecule has 0 aliphatic rings. The van der Waals surface area contributed by atoms with Crippen molar-refractivity contribution < 1.29 is 9.90 Å². The molecule has 24 heavy (non-hydrogen) atoms. The molecule has 0 aliphatic heterocycles. The van der Waals surface area contributed by atoms with Crippen molar-refractivity contribution in [3.05, 3.63) is 70.9 Å². The molecule has 0 aliphatic carbocycles. The van der Waals surface area contributed by atoms with Gasteiger partial charge in [-0.2, -0.15) is 5.10 Å². The number of phenols is 1. The van der Waals surface area contributed by atoms with Crippen LogP contribution in [0.1, 0.15) is 27.2 Å². The fourth-order valence-electron chi connectivity index (χ4n) is 2.45. The first kappa shape index (κ1) is 15.7. The Balaban J connectivity index is 1.86. The van der Waals surface area contributed by atoms with Crippen molar-refractivity contribution in [3.8, 4) is 5.75 Å². The monoisotopic (exact) mass is 319 g/mol. The van der Waals surface area contributed by atoms with Crippen LogP contribution in [-0.2, 0) is 0 Å². The second-order valence-electron chi connectivity index (χ2n) is 5.62. The van der Waals surface area contributed by atoms with Gasteiger partial charge in [-0.1, -0.05) is 11.6 Å². The van der Waals surface area contributed by atoms with Crippen molar-refractivity contribution in [1.82, 2.24) is 10.4 Å². The van der Waals surface area contributed by atoms with E-state index in [0.717, 1.165) is 27.7 Å². The van der Waals surface area contributed by atoms with Crippen LogP contribution in [0.4, 0.5) is 0 Å². The van der Waals surface area contributed by atoms with Gasteiger partial charge in [0.25, 0.3) is 5.91 Å². The Labute approximate surface area is 139 Å². The van der Waals surface area contributed by atoms with E-state index in [9.17, 15) is 9.90 Å². The Kier molecular flexibility index (Phi) is 4.24. The fourth-order valence-corrected chi connectivity index (χ4v) is 2.45. The summed E-state index contributed by atoms with van der Waals surface area (Å²) in [6.07, 6.45) is 1.53. The van der Waals surface area contributed by atoms with Crippen molar-refractivity contribution in [3.63, 3.8) is 0 Å². The van der Waals surface area contributed by atoms with Crippen molar-refractivity contribution in [1.29, 1.82) is 0 Å². The number of rotatable bonds is 3. The maximum Gasteiger partial charge on any atom is 0.272 e. The van der Waals surface area contributed by atoms with Crippen LogP contribution in [0.15, 0.2) is 53.6 Å². The highest BCUT2D eigenvalue weighted by molar-refractivity contribution is 6.06. The first-order valence-electron chi connectivity index (χ1n) is 7.53. The number of benzene rings is 2. The number of hydrazone groups is 1. The van der Waals surface area contributed by atoms with Gasteiger partial charge >= 0.3 is 0 Å². The topological polar surface area (TPSA) is 74.6 Å². The normalized spacial score (nSPS) is 11.1. The van der Waals surface area contributed by atoms with Gasteiger partial charge in [0.2, 0.25) is 0 Å². The van der Waals surface area contributed by atoms with Gasteiger partial charge in [0.15, 0.2) is 0 Å². The standard InChI is InChI=1S/C19H17N3O2/c1-12-3-8-18-16(9-12)17(10-13(2)21-18)19(24)22-20-11-14-4-6-15(23)7-5-14/h3-11,23H,1-2H3,(H,22,24). The average Bonchev–Trinajstić information content (AvgIpc) is 2.56. The molecular weight excluding hydrogens is 302 g/mol. The van der Waals surface area contributed by atoms with E-state index >= 15 is 0 Å². The molecule has 1 aromatic heterocycles. The van der Waals surface area contributed by atoms with Crippen LogP contribution >= 0.6 is 0 Å². The van der Waals surface area contributed by atoms with E-state index in [-0.39, 0.29) is 11.7 Å². The first-order valence-corrected chi connectivity index (χ1v) is 7.53. The molecule has 0 fully saturated rings. The molecule has 0 spiro atoms. The van der Waals surface area contributed by atoms with Gasteiger partial charge in [-0.05, 0) is 61.9 Å². The number of pyridine rings is 1. The van der Waals surface area contributed by atoms with Crippen molar-refractivity contribution >= 4 is 23.0 Å². The molecule has 0 saturated heterocycles. The summed E-state index contributed by atoms with van der Waals surface area (Å²) in [7, 11) is 0. The third-order valence-corrected chi connectivity index (χ3v) is 3.61. The maximum atomic E-state index is 12.5. The first-order chi connectivity index (χ1) is 11.5. The summed E-state index contributed by atoms with van der Waals surface area (Å²) in [4.78, 5) is 16.9. The Bertz CT molecular complexity index is 931. The van der Waals surface area contributed by atoms with Gasteiger partial charge in [-0.3, -0.25) is 9.78 Å². The molecule has 0 atom stereocenters. The number of amides is 1. The average molecular weight is 319 g/mol. The fraction of sp³-hybridized carbons (Fsp3) is 0.105. The smallest absolute Gasteiger partial charge is 0.272 e. The number of nitrogens with one attached hydrogen (secondary N) is 1. The molecule has 1 amide bonds. The van der Waals surface area contributed by atoms with Crippen LogP contribution in [0.2, 0.25) is 0 Å². The third-order valence-electron chi connectivity index (χ3n) is 3.61. The zero-order valence-corrected chi connectivity index (χ0v) is 13.4. The molecule has 0 unspecified atom stereocenters. The lowest BCUT2D eigenvalue weighted by atomic mass is 10.1. The Morgan fingerprint density at radius 2 is 1.88 bits per heavy atom. The van der Waals surface area contributed by atoms with E-state index in [1.54, 1.807) is 30.3 Å². The van der Waals surface area contributed by atoms with E-state index in [2.05, 4.69) is 15.5 Å². The van der Waals surface area contributed by atoms with Crippen LogP contribution in [0, 0.1) is 13.8 Å². The van der Waals surface area contributed by atoms with Gasteiger partial charge in [0, 0.05) is 11.1 Å². The predicted molar refractivity (Wildman–Crippen MR) is 94.4 cm³/mol. The number of hydrogen-bond donors (Lipinski definition) is 2. The molecule has 2 N–H and O–H groups in total. The van der Waals surface area contributed by atoms with Crippen LogP contribution < -0.4 is 5.43 Å². The molecule has 0 saturated carbocycles. The number of aromatic nitrogens is 1. The van der Waals surface area contributed by atoms with Crippen molar-refractivity contribution in [2.24, 2.45) is 5.10 Å². The Morgan fingerprint density at radius 3 is 2.62 bits per heavy atom. The van der Waals surface area contributed by atoms with Gasteiger partial charge in [0.05, 0.1) is 17.3 Å². The molecule has 0 radical (unpaired) electrons. The molecule has 120 valence electrons. The minimum atomic E-state index is -0.286. The van der Waals surface area contributed by atoms with Crippen LogP contribution in [-0.4, -0.2) is 22.2 Å². The molecule has 3 aromatic rings. The van der Waals surface area contributed by atoms with Crippen molar-refractivity contribution in [2.45, 2.75) is 13.8 Å². The zero-order chi connectivity index (χ0) is 17.1. The summed E-state index contributed by atoms with van der Waals surface area (Å²) in [5.74, 6) is -0.101. The molecule has 0 bridgehead atoms. The Morgan fingerprint density at radius 1 is 1.12 bits per heavy atom. The van der Waals surface area contributed by atoms with Crippen molar-refractivity contribution in [2.75, 3.05) is 0 Å². The number of hydrogen-bond acceptors (Lipinski definition) is 4. The maximum absolute atomic E-state index is 12.5. The van der Waals surface area contributed by atoms with Crippen LogP contribution in [0.25, 0.3) is 10.9 Å². The summed E-state index contributed by atoms with van der Waals surface area (Å²) in [6, 6.07) is 14.1. The largest absolute Gasteiger partial charge is 0.508 e. The van der Waals surface area contributed by atoms with Crippen LogP contribution in [0.3, 0.4) is 0 Å². The van der Waals surface area contributed by atoms with E-state index in [4.69, 9.17) is 0 Å². The highest BCUT2D eigenvalue weighted by Crippen LogP contribution is 2.20. The highest BCUT2D eigenvalue weighted by atomic mass is 16.3.